The first-order valence-corrected chi connectivity index (χ1v) is 9.91. The third kappa shape index (κ3) is 2.29. The summed E-state index contributed by atoms with van der Waals surface area (Å²) < 4.78 is 6.18. The van der Waals surface area contributed by atoms with Gasteiger partial charge in [0.25, 0.3) is 0 Å². The van der Waals surface area contributed by atoms with E-state index in [-0.39, 0.29) is 17.3 Å². The second-order valence-electron chi connectivity index (χ2n) is 8.36. The minimum atomic E-state index is -0.631. The van der Waals surface area contributed by atoms with E-state index in [4.69, 9.17) is 10.5 Å². The average molecular weight is 369 g/mol. The fourth-order valence-electron chi connectivity index (χ4n) is 5.94. The molecule has 2 aliphatic heterocycles. The maximum absolute atomic E-state index is 10.6. The van der Waals surface area contributed by atoms with Gasteiger partial charge in [-0.3, -0.25) is 9.89 Å². The Morgan fingerprint density at radius 1 is 1.41 bits per heavy atom. The van der Waals surface area contributed by atoms with E-state index in [0.717, 1.165) is 44.5 Å². The second-order valence-corrected chi connectivity index (χ2v) is 8.36. The number of phenols is 1. The van der Waals surface area contributed by atoms with Crippen molar-refractivity contribution in [2.75, 3.05) is 19.6 Å². The number of rotatable bonds is 4. The summed E-state index contributed by atoms with van der Waals surface area (Å²) in [4.78, 5) is 6.89. The van der Waals surface area contributed by atoms with Crippen LogP contribution in [0.2, 0.25) is 0 Å². The van der Waals surface area contributed by atoms with Gasteiger partial charge >= 0.3 is 0 Å². The molecule has 4 aliphatic rings. The Bertz CT molecular complexity index is 832. The molecule has 0 aromatic heterocycles. The quantitative estimate of drug-likeness (QED) is 0.322. The van der Waals surface area contributed by atoms with E-state index in [1.807, 2.05) is 19.1 Å². The highest BCUT2D eigenvalue weighted by Crippen LogP contribution is 2.62. The SMILES string of the molecule is CC(N)=NCCCN1CC[C@]23c4c5ccc(O)c4O[C@H]2[C@@H](O)C=CC3[C@H]1C5. The molecule has 1 unspecified atom stereocenters. The molecular weight excluding hydrogens is 342 g/mol. The molecular formula is C21H27N3O3. The minimum absolute atomic E-state index is 0.194. The van der Waals surface area contributed by atoms with Crippen LogP contribution < -0.4 is 10.5 Å². The zero-order chi connectivity index (χ0) is 18.8. The Labute approximate surface area is 159 Å². The summed E-state index contributed by atoms with van der Waals surface area (Å²) in [5.74, 6) is 1.74. The van der Waals surface area contributed by atoms with Crippen LogP contribution in [-0.4, -0.2) is 58.8 Å². The van der Waals surface area contributed by atoms with E-state index in [2.05, 4.69) is 16.0 Å². The molecule has 5 atom stereocenters. The van der Waals surface area contributed by atoms with Crippen LogP contribution in [-0.2, 0) is 11.8 Å². The lowest BCUT2D eigenvalue weighted by Gasteiger charge is -2.57. The number of nitrogens with two attached hydrogens (primary N) is 1. The lowest BCUT2D eigenvalue weighted by molar-refractivity contribution is -0.0516. The first-order chi connectivity index (χ1) is 13.0. The van der Waals surface area contributed by atoms with Gasteiger partial charge in [0.05, 0.1) is 5.84 Å². The van der Waals surface area contributed by atoms with Crippen molar-refractivity contribution in [3.8, 4) is 11.5 Å². The van der Waals surface area contributed by atoms with Gasteiger partial charge < -0.3 is 20.7 Å². The van der Waals surface area contributed by atoms with E-state index in [1.54, 1.807) is 6.07 Å². The molecule has 4 N–H and O–H groups in total. The van der Waals surface area contributed by atoms with Crippen molar-refractivity contribution < 1.29 is 14.9 Å². The highest BCUT2D eigenvalue weighted by molar-refractivity contribution is 5.77. The fraction of sp³-hybridized carbons (Fsp3) is 0.571. The van der Waals surface area contributed by atoms with Crippen LogP contribution in [0.5, 0.6) is 11.5 Å². The van der Waals surface area contributed by atoms with Crippen LogP contribution in [0.15, 0.2) is 29.3 Å². The summed E-state index contributed by atoms with van der Waals surface area (Å²) in [5, 5.41) is 21.0. The van der Waals surface area contributed by atoms with Crippen LogP contribution in [0, 0.1) is 5.92 Å². The van der Waals surface area contributed by atoms with Crippen LogP contribution >= 0.6 is 0 Å². The number of nitrogens with zero attached hydrogens (tertiary/aromatic N) is 2. The molecule has 2 bridgehead atoms. The van der Waals surface area contributed by atoms with Gasteiger partial charge in [-0.05, 0) is 44.4 Å². The van der Waals surface area contributed by atoms with Crippen molar-refractivity contribution in [3.63, 3.8) is 0 Å². The largest absolute Gasteiger partial charge is 0.504 e. The van der Waals surface area contributed by atoms with Crippen LogP contribution in [0.1, 0.15) is 30.9 Å². The van der Waals surface area contributed by atoms with Gasteiger partial charge in [-0.15, -0.1) is 0 Å². The average Bonchev–Trinajstić information content (AvgIpc) is 2.99. The Hall–Kier alpha value is -2.05. The topological polar surface area (TPSA) is 91.3 Å². The van der Waals surface area contributed by atoms with Crippen molar-refractivity contribution in [1.29, 1.82) is 0 Å². The number of phenolic OH excluding ortho intramolecular Hbond substituents is 1. The van der Waals surface area contributed by atoms with E-state index >= 15 is 0 Å². The highest BCUT2D eigenvalue weighted by atomic mass is 16.5. The lowest BCUT2D eigenvalue weighted by Crippen LogP contribution is -2.65. The fourth-order valence-corrected chi connectivity index (χ4v) is 5.94. The lowest BCUT2D eigenvalue weighted by atomic mass is 9.53. The van der Waals surface area contributed by atoms with Gasteiger partial charge in [0, 0.05) is 36.0 Å². The third-order valence-corrected chi connectivity index (χ3v) is 6.95. The Balaban J connectivity index is 1.51. The molecule has 6 nitrogen and oxygen atoms in total. The number of ether oxygens (including phenoxy) is 1. The maximum atomic E-state index is 10.6. The van der Waals surface area contributed by atoms with Gasteiger partial charge in [-0.1, -0.05) is 18.2 Å². The highest BCUT2D eigenvalue weighted by Gasteiger charge is 2.64. The molecule has 0 radical (unpaired) electrons. The summed E-state index contributed by atoms with van der Waals surface area (Å²) in [6.07, 6.45) is 6.03. The van der Waals surface area contributed by atoms with Gasteiger partial charge in [-0.2, -0.15) is 0 Å². The number of piperidine rings is 1. The van der Waals surface area contributed by atoms with E-state index < -0.39 is 6.10 Å². The molecule has 27 heavy (non-hydrogen) atoms. The molecule has 1 saturated heterocycles. The number of hydrogen-bond donors (Lipinski definition) is 3. The zero-order valence-corrected chi connectivity index (χ0v) is 15.6. The summed E-state index contributed by atoms with van der Waals surface area (Å²) in [6.45, 7) is 4.56. The first kappa shape index (κ1) is 17.1. The van der Waals surface area contributed by atoms with Crippen molar-refractivity contribution in [2.45, 2.75) is 49.9 Å². The monoisotopic (exact) mass is 369 g/mol. The number of aliphatic imine (C=N–C) groups is 1. The second kappa shape index (κ2) is 5.97. The van der Waals surface area contributed by atoms with Crippen LogP contribution in [0.3, 0.4) is 0 Å². The molecule has 6 heteroatoms. The molecule has 2 heterocycles. The van der Waals surface area contributed by atoms with Gasteiger partial charge in [0.15, 0.2) is 11.5 Å². The van der Waals surface area contributed by atoms with Gasteiger partial charge in [0.2, 0.25) is 0 Å². The number of amidine groups is 1. The summed E-state index contributed by atoms with van der Waals surface area (Å²) in [6, 6.07) is 4.17. The molecule has 1 aromatic carbocycles. The van der Waals surface area contributed by atoms with Crippen molar-refractivity contribution in [3.05, 3.63) is 35.4 Å². The summed E-state index contributed by atoms with van der Waals surface area (Å²) >= 11 is 0. The number of hydrogen-bond acceptors (Lipinski definition) is 5. The van der Waals surface area contributed by atoms with Crippen LogP contribution in [0.25, 0.3) is 0 Å². The Morgan fingerprint density at radius 2 is 2.26 bits per heavy atom. The van der Waals surface area contributed by atoms with Crippen LogP contribution in [0.4, 0.5) is 0 Å². The van der Waals surface area contributed by atoms with Crippen molar-refractivity contribution in [1.82, 2.24) is 4.90 Å². The molecule has 1 spiro atoms. The zero-order valence-electron chi connectivity index (χ0n) is 15.6. The molecule has 0 amide bonds. The molecule has 1 aromatic rings. The van der Waals surface area contributed by atoms with E-state index in [1.165, 1.54) is 5.56 Å². The van der Waals surface area contributed by atoms with E-state index in [9.17, 15) is 10.2 Å². The predicted molar refractivity (Wildman–Crippen MR) is 103 cm³/mol. The predicted octanol–water partition coefficient (Wildman–Crippen LogP) is 1.34. The number of aromatic hydroxyl groups is 1. The Kier molecular flexibility index (Phi) is 3.78. The van der Waals surface area contributed by atoms with E-state index in [0.29, 0.717) is 23.5 Å². The molecule has 144 valence electrons. The molecule has 1 fully saturated rings. The van der Waals surface area contributed by atoms with Crippen molar-refractivity contribution in [2.24, 2.45) is 16.6 Å². The normalized spacial score (nSPS) is 36.4. The smallest absolute Gasteiger partial charge is 0.165 e. The third-order valence-electron chi connectivity index (χ3n) is 6.95. The van der Waals surface area contributed by atoms with Crippen molar-refractivity contribution >= 4 is 5.84 Å². The minimum Gasteiger partial charge on any atom is -0.504 e. The van der Waals surface area contributed by atoms with Gasteiger partial charge in [0.1, 0.15) is 12.2 Å². The Morgan fingerprint density at radius 3 is 3.07 bits per heavy atom. The number of likely N-dealkylation sites (tertiary alicyclic amines) is 1. The molecule has 0 saturated carbocycles. The first-order valence-electron chi connectivity index (χ1n) is 9.91. The standard InChI is InChI=1S/C21H27N3O3/c1-12(22)23-8-2-9-24-10-7-21-14-4-6-17(26)20(21)27-19-16(25)5-3-13(18(19)21)11-15(14)24/h3-6,14-15,17,20,25-26H,2,7-11H2,1H3,(H2,22,23)/t14?,15-,17+,20+,21+/m1/s1. The molecule has 2 aliphatic carbocycles. The molecule has 5 rings (SSSR count). The summed E-state index contributed by atoms with van der Waals surface area (Å²) in [5.41, 5.74) is 7.84. The number of aliphatic hydroxyl groups is 1. The number of aliphatic hydroxyl groups excluding tert-OH is 1. The summed E-state index contributed by atoms with van der Waals surface area (Å²) in [7, 11) is 0. The van der Waals surface area contributed by atoms with Gasteiger partial charge in [-0.25, -0.2) is 0 Å². The number of benzene rings is 1. The maximum Gasteiger partial charge on any atom is 0.165 e.